The van der Waals surface area contributed by atoms with Crippen LogP contribution in [0.15, 0.2) is 4.79 Å². The van der Waals surface area contributed by atoms with Crippen molar-refractivity contribution in [2.75, 3.05) is 0 Å². The average Bonchev–Trinajstić information content (AvgIpc) is 2.60. The Bertz CT molecular complexity index is 481. The first kappa shape index (κ1) is 8.11. The molecule has 0 amide bonds. The van der Waals surface area contributed by atoms with Gasteiger partial charge in [0.15, 0.2) is 0 Å². The van der Waals surface area contributed by atoms with E-state index in [0.717, 1.165) is 5.01 Å². The van der Waals surface area contributed by atoms with E-state index in [1.807, 2.05) is 6.92 Å². The Hall–Kier alpha value is -1.50. The zero-order chi connectivity index (χ0) is 9.42. The van der Waals surface area contributed by atoms with Crippen LogP contribution in [0.4, 0.5) is 0 Å². The second kappa shape index (κ2) is 2.77. The van der Waals surface area contributed by atoms with Gasteiger partial charge < -0.3 is 0 Å². The predicted molar refractivity (Wildman–Crippen MR) is 47.1 cm³/mol. The summed E-state index contributed by atoms with van der Waals surface area (Å²) >= 11 is 1.35. The quantitative estimate of drug-likeness (QED) is 0.699. The van der Waals surface area contributed by atoms with Crippen LogP contribution in [-0.2, 0) is 0 Å². The highest BCUT2D eigenvalue weighted by Crippen LogP contribution is 2.11. The van der Waals surface area contributed by atoms with Gasteiger partial charge in [0.2, 0.25) is 5.13 Å². The second-order valence-electron chi connectivity index (χ2n) is 2.52. The van der Waals surface area contributed by atoms with Gasteiger partial charge in [-0.2, -0.15) is 5.10 Å². The standard InChI is InChI=1S/C6H7N5OS/c1-3-7-9-5(12)11(3)6-10-8-4(2)13-6/h1-2H3,(H,9,12). The maximum atomic E-state index is 11.2. The van der Waals surface area contributed by atoms with Crippen molar-refractivity contribution in [3.63, 3.8) is 0 Å². The van der Waals surface area contributed by atoms with Gasteiger partial charge in [0.05, 0.1) is 0 Å². The molecule has 68 valence electrons. The minimum atomic E-state index is -0.284. The Morgan fingerprint density at radius 2 is 2.15 bits per heavy atom. The van der Waals surface area contributed by atoms with Gasteiger partial charge in [0, 0.05) is 0 Å². The van der Waals surface area contributed by atoms with Gasteiger partial charge in [-0.1, -0.05) is 11.3 Å². The number of hydrogen-bond acceptors (Lipinski definition) is 5. The third-order valence-corrected chi connectivity index (χ3v) is 2.37. The largest absolute Gasteiger partial charge is 0.349 e. The fraction of sp³-hybridized carbons (Fsp3) is 0.333. The summed E-state index contributed by atoms with van der Waals surface area (Å²) in [6, 6.07) is 0. The Labute approximate surface area is 77.3 Å². The number of rotatable bonds is 1. The maximum Gasteiger partial charge on any atom is 0.349 e. The number of nitrogens with one attached hydrogen (secondary N) is 1. The molecule has 6 nitrogen and oxygen atoms in total. The van der Waals surface area contributed by atoms with E-state index in [-0.39, 0.29) is 5.69 Å². The van der Waals surface area contributed by atoms with E-state index in [2.05, 4.69) is 20.4 Å². The van der Waals surface area contributed by atoms with Gasteiger partial charge in [-0.25, -0.2) is 14.5 Å². The Kier molecular flexibility index (Phi) is 1.73. The molecule has 0 saturated carbocycles. The minimum Gasteiger partial charge on any atom is -0.246 e. The van der Waals surface area contributed by atoms with Crippen LogP contribution in [0.3, 0.4) is 0 Å². The third kappa shape index (κ3) is 1.26. The molecule has 0 atom stereocenters. The smallest absolute Gasteiger partial charge is 0.246 e. The van der Waals surface area contributed by atoms with Crippen molar-refractivity contribution in [2.45, 2.75) is 13.8 Å². The molecule has 0 aliphatic rings. The number of aryl methyl sites for hydroxylation is 2. The Balaban J connectivity index is 2.64. The van der Waals surface area contributed by atoms with E-state index in [1.54, 1.807) is 6.92 Å². The molecule has 1 N–H and O–H groups in total. The molecular formula is C6H7N5OS. The molecule has 0 aromatic carbocycles. The maximum absolute atomic E-state index is 11.2. The van der Waals surface area contributed by atoms with Crippen LogP contribution in [0.25, 0.3) is 5.13 Å². The van der Waals surface area contributed by atoms with Gasteiger partial charge in [-0.3, -0.25) is 0 Å². The first-order chi connectivity index (χ1) is 6.18. The van der Waals surface area contributed by atoms with Crippen LogP contribution < -0.4 is 5.69 Å². The number of H-pyrrole nitrogens is 1. The van der Waals surface area contributed by atoms with Crippen molar-refractivity contribution in [3.8, 4) is 5.13 Å². The van der Waals surface area contributed by atoms with Crippen molar-refractivity contribution in [3.05, 3.63) is 21.3 Å². The highest BCUT2D eigenvalue weighted by molar-refractivity contribution is 7.13. The lowest BCUT2D eigenvalue weighted by Gasteiger charge is -1.92. The molecule has 13 heavy (non-hydrogen) atoms. The van der Waals surface area contributed by atoms with Crippen LogP contribution in [-0.4, -0.2) is 25.0 Å². The molecule has 0 radical (unpaired) electrons. The van der Waals surface area contributed by atoms with E-state index in [0.29, 0.717) is 11.0 Å². The summed E-state index contributed by atoms with van der Waals surface area (Å²) in [5.74, 6) is 0.584. The molecule has 0 fully saturated rings. The lowest BCUT2D eigenvalue weighted by atomic mass is 10.7. The average molecular weight is 197 g/mol. The first-order valence-electron chi connectivity index (χ1n) is 3.63. The molecule has 2 rings (SSSR count). The van der Waals surface area contributed by atoms with E-state index in [1.165, 1.54) is 15.9 Å². The van der Waals surface area contributed by atoms with Crippen LogP contribution in [0, 0.1) is 13.8 Å². The van der Waals surface area contributed by atoms with Crippen molar-refractivity contribution >= 4 is 11.3 Å². The van der Waals surface area contributed by atoms with Crippen molar-refractivity contribution in [1.29, 1.82) is 0 Å². The number of aromatic nitrogens is 5. The van der Waals surface area contributed by atoms with E-state index in [4.69, 9.17) is 0 Å². The summed E-state index contributed by atoms with van der Waals surface area (Å²) in [7, 11) is 0. The zero-order valence-electron chi connectivity index (χ0n) is 7.11. The third-order valence-electron chi connectivity index (χ3n) is 1.55. The van der Waals surface area contributed by atoms with E-state index >= 15 is 0 Å². The molecule has 2 heterocycles. The van der Waals surface area contributed by atoms with Crippen molar-refractivity contribution in [1.82, 2.24) is 25.0 Å². The SMILES string of the molecule is Cc1nnc(-n2c(C)n[nH]c2=O)s1. The van der Waals surface area contributed by atoms with Crippen LogP contribution >= 0.6 is 11.3 Å². The zero-order valence-corrected chi connectivity index (χ0v) is 7.92. The number of hydrogen-bond donors (Lipinski definition) is 1. The molecule has 0 aliphatic carbocycles. The monoisotopic (exact) mass is 197 g/mol. The van der Waals surface area contributed by atoms with Gasteiger partial charge in [-0.05, 0) is 13.8 Å². The summed E-state index contributed by atoms with van der Waals surface area (Å²) in [5, 5.41) is 15.2. The van der Waals surface area contributed by atoms with Crippen LogP contribution in [0.2, 0.25) is 0 Å². The fourth-order valence-corrected chi connectivity index (χ4v) is 1.71. The fourth-order valence-electron chi connectivity index (χ4n) is 0.977. The molecule has 0 bridgehead atoms. The Morgan fingerprint density at radius 1 is 1.38 bits per heavy atom. The molecular weight excluding hydrogens is 190 g/mol. The topological polar surface area (TPSA) is 76.5 Å². The normalized spacial score (nSPS) is 10.6. The molecule has 0 spiro atoms. The highest BCUT2D eigenvalue weighted by atomic mass is 32.1. The van der Waals surface area contributed by atoms with Gasteiger partial charge in [-0.15, -0.1) is 10.2 Å². The minimum absolute atomic E-state index is 0.284. The van der Waals surface area contributed by atoms with E-state index < -0.39 is 0 Å². The second-order valence-corrected chi connectivity index (χ2v) is 3.68. The predicted octanol–water partition coefficient (Wildman–Crippen LogP) is 0.0289. The summed E-state index contributed by atoms with van der Waals surface area (Å²) in [4.78, 5) is 11.2. The summed E-state index contributed by atoms with van der Waals surface area (Å²) in [6.07, 6.45) is 0. The molecule has 2 aromatic rings. The highest BCUT2D eigenvalue weighted by Gasteiger charge is 2.09. The molecule has 0 aliphatic heterocycles. The lowest BCUT2D eigenvalue weighted by Crippen LogP contribution is -2.15. The van der Waals surface area contributed by atoms with Crippen molar-refractivity contribution < 1.29 is 0 Å². The Morgan fingerprint density at radius 3 is 2.62 bits per heavy atom. The van der Waals surface area contributed by atoms with Gasteiger partial charge >= 0.3 is 5.69 Å². The van der Waals surface area contributed by atoms with Crippen molar-refractivity contribution in [2.24, 2.45) is 0 Å². The van der Waals surface area contributed by atoms with Crippen LogP contribution in [0.5, 0.6) is 0 Å². The molecule has 7 heteroatoms. The number of nitrogens with zero attached hydrogens (tertiary/aromatic N) is 4. The van der Waals surface area contributed by atoms with Crippen LogP contribution in [0.1, 0.15) is 10.8 Å². The molecule has 0 unspecified atom stereocenters. The molecule has 0 saturated heterocycles. The van der Waals surface area contributed by atoms with E-state index in [9.17, 15) is 4.79 Å². The summed E-state index contributed by atoms with van der Waals surface area (Å²) in [6.45, 7) is 3.57. The number of aromatic amines is 1. The lowest BCUT2D eigenvalue weighted by molar-refractivity contribution is 0.891. The summed E-state index contributed by atoms with van der Waals surface area (Å²) < 4.78 is 1.39. The summed E-state index contributed by atoms with van der Waals surface area (Å²) in [5.41, 5.74) is -0.284. The molecule has 2 aromatic heterocycles. The van der Waals surface area contributed by atoms with Gasteiger partial charge in [0.25, 0.3) is 0 Å². The first-order valence-corrected chi connectivity index (χ1v) is 4.44. The van der Waals surface area contributed by atoms with Gasteiger partial charge in [0.1, 0.15) is 10.8 Å².